The summed E-state index contributed by atoms with van der Waals surface area (Å²) in [6.07, 6.45) is 3.74. The average molecular weight is 196 g/mol. The van der Waals surface area contributed by atoms with Gasteiger partial charge in [0.1, 0.15) is 0 Å². The quantitative estimate of drug-likeness (QED) is 0.673. The highest BCUT2D eigenvalue weighted by Gasteiger charge is 2.44. The Kier molecular flexibility index (Phi) is 1.99. The fourth-order valence-corrected chi connectivity index (χ4v) is 2.52. The van der Waals surface area contributed by atoms with Crippen molar-refractivity contribution in [2.75, 3.05) is 19.8 Å². The molecule has 2 aliphatic heterocycles. The van der Waals surface area contributed by atoms with Crippen LogP contribution in [-0.2, 0) is 9.53 Å². The Labute approximate surface area is 83.6 Å². The van der Waals surface area contributed by atoms with Crippen LogP contribution in [0.15, 0.2) is 0 Å². The molecule has 1 N–H and O–H groups in total. The van der Waals surface area contributed by atoms with Crippen LogP contribution < -0.4 is 5.32 Å². The van der Waals surface area contributed by atoms with Crippen LogP contribution in [0.5, 0.6) is 0 Å². The van der Waals surface area contributed by atoms with Crippen LogP contribution in [-0.4, -0.2) is 42.8 Å². The second kappa shape index (κ2) is 3.21. The van der Waals surface area contributed by atoms with Gasteiger partial charge < -0.3 is 9.64 Å². The van der Waals surface area contributed by atoms with Crippen molar-refractivity contribution in [1.29, 1.82) is 0 Å². The molecule has 3 rings (SSSR count). The molecule has 0 aromatic heterocycles. The molecular weight excluding hydrogens is 180 g/mol. The van der Waals surface area contributed by atoms with Gasteiger partial charge in [-0.15, -0.1) is 0 Å². The summed E-state index contributed by atoms with van der Waals surface area (Å²) in [5.74, 6) is 0.798. The Balaban J connectivity index is 1.73. The van der Waals surface area contributed by atoms with Crippen LogP contribution in [0.2, 0.25) is 0 Å². The zero-order valence-electron chi connectivity index (χ0n) is 8.24. The van der Waals surface area contributed by atoms with E-state index in [9.17, 15) is 4.79 Å². The van der Waals surface area contributed by atoms with E-state index >= 15 is 0 Å². The molecule has 0 radical (unpaired) electrons. The van der Waals surface area contributed by atoms with Crippen molar-refractivity contribution in [3.8, 4) is 0 Å². The van der Waals surface area contributed by atoms with Gasteiger partial charge in [-0.1, -0.05) is 0 Å². The van der Waals surface area contributed by atoms with Crippen molar-refractivity contribution >= 4 is 5.91 Å². The lowest BCUT2D eigenvalue weighted by atomic mass is 10.1. The van der Waals surface area contributed by atoms with E-state index in [4.69, 9.17) is 4.74 Å². The summed E-state index contributed by atoms with van der Waals surface area (Å²) in [6.45, 7) is 2.20. The lowest BCUT2D eigenvalue weighted by Gasteiger charge is -2.28. The summed E-state index contributed by atoms with van der Waals surface area (Å²) < 4.78 is 5.38. The monoisotopic (exact) mass is 196 g/mol. The summed E-state index contributed by atoms with van der Waals surface area (Å²) in [5.41, 5.74) is 0. The largest absolute Gasteiger partial charge is 0.381 e. The Bertz CT molecular complexity index is 247. The van der Waals surface area contributed by atoms with Gasteiger partial charge in [0.2, 0.25) is 5.91 Å². The first kappa shape index (κ1) is 8.68. The third kappa shape index (κ3) is 1.33. The van der Waals surface area contributed by atoms with E-state index < -0.39 is 0 Å². The molecule has 3 fully saturated rings. The Morgan fingerprint density at radius 2 is 2.21 bits per heavy atom. The van der Waals surface area contributed by atoms with Gasteiger partial charge in [-0.2, -0.15) is 0 Å². The Morgan fingerprint density at radius 1 is 1.36 bits per heavy atom. The molecule has 4 heteroatoms. The first-order chi connectivity index (χ1) is 6.86. The van der Waals surface area contributed by atoms with Crippen LogP contribution in [0.25, 0.3) is 0 Å². The molecule has 0 bridgehead atoms. The average Bonchev–Trinajstić information content (AvgIpc) is 2.75. The normalized spacial score (nSPS) is 38.3. The maximum atomic E-state index is 11.6. The van der Waals surface area contributed by atoms with E-state index in [0.29, 0.717) is 18.5 Å². The number of hydrogen-bond donors (Lipinski definition) is 1. The molecule has 2 unspecified atom stereocenters. The molecule has 0 aromatic carbocycles. The third-order valence-corrected chi connectivity index (χ3v) is 3.40. The second-order valence-electron chi connectivity index (χ2n) is 4.48. The highest BCUT2D eigenvalue weighted by atomic mass is 16.5. The molecule has 1 saturated carbocycles. The predicted molar refractivity (Wildman–Crippen MR) is 50.6 cm³/mol. The van der Waals surface area contributed by atoms with Crippen molar-refractivity contribution in [3.63, 3.8) is 0 Å². The SMILES string of the molecule is O=C1CNC(C2CCOC2)N1C1CC1. The molecule has 3 aliphatic rings. The molecule has 0 aromatic rings. The molecule has 2 saturated heterocycles. The molecule has 1 amide bonds. The van der Waals surface area contributed by atoms with Crippen LogP contribution in [0.1, 0.15) is 19.3 Å². The van der Waals surface area contributed by atoms with Crippen molar-refractivity contribution in [2.24, 2.45) is 5.92 Å². The highest BCUT2D eigenvalue weighted by molar-refractivity contribution is 5.81. The number of carbonyl (C=O) groups is 1. The highest BCUT2D eigenvalue weighted by Crippen LogP contribution is 2.33. The number of rotatable bonds is 2. The molecule has 2 heterocycles. The first-order valence-electron chi connectivity index (χ1n) is 5.48. The topological polar surface area (TPSA) is 41.6 Å². The summed E-state index contributed by atoms with van der Waals surface area (Å²) in [4.78, 5) is 13.7. The van der Waals surface area contributed by atoms with Gasteiger partial charge in [0, 0.05) is 18.6 Å². The van der Waals surface area contributed by atoms with E-state index in [-0.39, 0.29) is 12.1 Å². The number of ether oxygens (including phenoxy) is 1. The van der Waals surface area contributed by atoms with Gasteiger partial charge in [-0.25, -0.2) is 0 Å². The molecule has 0 spiro atoms. The minimum Gasteiger partial charge on any atom is -0.381 e. The summed E-state index contributed by atoms with van der Waals surface area (Å²) in [5, 5.41) is 3.32. The van der Waals surface area contributed by atoms with Gasteiger partial charge in [-0.3, -0.25) is 10.1 Å². The van der Waals surface area contributed by atoms with Gasteiger partial charge in [0.15, 0.2) is 0 Å². The number of hydrogen-bond acceptors (Lipinski definition) is 3. The van der Waals surface area contributed by atoms with Crippen LogP contribution in [0.3, 0.4) is 0 Å². The van der Waals surface area contributed by atoms with Crippen molar-refractivity contribution in [3.05, 3.63) is 0 Å². The molecular formula is C10H16N2O2. The van der Waals surface area contributed by atoms with Gasteiger partial charge >= 0.3 is 0 Å². The van der Waals surface area contributed by atoms with E-state index in [1.165, 1.54) is 12.8 Å². The predicted octanol–water partition coefficient (Wildman–Crippen LogP) is -0.0568. The molecule has 2 atom stereocenters. The lowest BCUT2D eigenvalue weighted by molar-refractivity contribution is -0.129. The molecule has 4 nitrogen and oxygen atoms in total. The smallest absolute Gasteiger partial charge is 0.238 e. The second-order valence-corrected chi connectivity index (χ2v) is 4.48. The minimum absolute atomic E-state index is 0.262. The molecule has 14 heavy (non-hydrogen) atoms. The third-order valence-electron chi connectivity index (χ3n) is 3.40. The lowest BCUT2D eigenvalue weighted by Crippen LogP contribution is -2.44. The maximum Gasteiger partial charge on any atom is 0.238 e. The van der Waals surface area contributed by atoms with E-state index in [1.54, 1.807) is 0 Å². The van der Waals surface area contributed by atoms with Gasteiger partial charge in [0.25, 0.3) is 0 Å². The van der Waals surface area contributed by atoms with Crippen LogP contribution in [0, 0.1) is 5.92 Å². The standard InChI is InChI=1S/C10H16N2O2/c13-9-5-11-10(7-3-4-14-6-7)12(9)8-1-2-8/h7-8,10-11H,1-6H2. The van der Waals surface area contributed by atoms with E-state index in [2.05, 4.69) is 10.2 Å². The number of carbonyl (C=O) groups excluding carboxylic acids is 1. The van der Waals surface area contributed by atoms with E-state index in [0.717, 1.165) is 19.6 Å². The van der Waals surface area contributed by atoms with Crippen molar-refractivity contribution in [2.45, 2.75) is 31.5 Å². The Hall–Kier alpha value is -0.610. The summed E-state index contributed by atoms with van der Waals surface area (Å²) >= 11 is 0. The van der Waals surface area contributed by atoms with E-state index in [1.807, 2.05) is 0 Å². The number of amides is 1. The van der Waals surface area contributed by atoms with Crippen molar-refractivity contribution in [1.82, 2.24) is 10.2 Å². The fraction of sp³-hybridized carbons (Fsp3) is 0.900. The van der Waals surface area contributed by atoms with Gasteiger partial charge in [0.05, 0.1) is 19.3 Å². The van der Waals surface area contributed by atoms with Crippen LogP contribution >= 0.6 is 0 Å². The first-order valence-corrected chi connectivity index (χ1v) is 5.48. The number of nitrogens with one attached hydrogen (secondary N) is 1. The Morgan fingerprint density at radius 3 is 2.86 bits per heavy atom. The van der Waals surface area contributed by atoms with Gasteiger partial charge in [-0.05, 0) is 19.3 Å². The van der Waals surface area contributed by atoms with Crippen LogP contribution in [0.4, 0.5) is 0 Å². The minimum atomic E-state index is 0.262. The fourth-order valence-electron chi connectivity index (χ4n) is 2.52. The summed E-state index contributed by atoms with van der Waals surface area (Å²) in [6, 6.07) is 0.531. The number of nitrogens with zero attached hydrogens (tertiary/aromatic N) is 1. The maximum absolute atomic E-state index is 11.6. The zero-order chi connectivity index (χ0) is 9.54. The van der Waals surface area contributed by atoms with Crippen molar-refractivity contribution < 1.29 is 9.53 Å². The zero-order valence-corrected chi connectivity index (χ0v) is 8.24. The molecule has 78 valence electrons. The molecule has 1 aliphatic carbocycles. The summed E-state index contributed by atoms with van der Waals surface area (Å²) in [7, 11) is 0.